The zero-order valence-electron chi connectivity index (χ0n) is 9.94. The van der Waals surface area contributed by atoms with Crippen LogP contribution in [0.3, 0.4) is 0 Å². The van der Waals surface area contributed by atoms with Gasteiger partial charge in [-0.25, -0.2) is 0 Å². The van der Waals surface area contributed by atoms with Gasteiger partial charge < -0.3 is 4.74 Å². The lowest BCUT2D eigenvalue weighted by atomic mass is 9.73. The number of ether oxygens (including phenoxy) is 1. The second kappa shape index (κ2) is 4.56. The van der Waals surface area contributed by atoms with Crippen LogP contribution in [0.25, 0.3) is 0 Å². The molecular formula is C15H18O. The third-order valence-electron chi connectivity index (χ3n) is 3.44. The lowest BCUT2D eigenvalue weighted by Gasteiger charge is -2.30. The van der Waals surface area contributed by atoms with E-state index in [0.29, 0.717) is 0 Å². The predicted molar refractivity (Wildman–Crippen MR) is 67.9 cm³/mol. The minimum absolute atomic E-state index is 0.182. The highest BCUT2D eigenvalue weighted by Gasteiger charge is 2.26. The molecular weight excluding hydrogens is 196 g/mol. The SMILES string of the molecule is CCC1(c2ccc(OC)cc2)C=CC=CC1. The van der Waals surface area contributed by atoms with Crippen LogP contribution in [0.4, 0.5) is 0 Å². The monoisotopic (exact) mass is 214 g/mol. The van der Waals surface area contributed by atoms with Crippen molar-refractivity contribution >= 4 is 0 Å². The Morgan fingerprint density at radius 1 is 1.19 bits per heavy atom. The maximum atomic E-state index is 5.19. The summed E-state index contributed by atoms with van der Waals surface area (Å²) in [4.78, 5) is 0. The summed E-state index contributed by atoms with van der Waals surface area (Å²) >= 11 is 0. The van der Waals surface area contributed by atoms with E-state index in [1.807, 2.05) is 12.1 Å². The number of hydrogen-bond donors (Lipinski definition) is 0. The lowest BCUT2D eigenvalue weighted by molar-refractivity contribution is 0.414. The molecule has 1 unspecified atom stereocenters. The normalized spacial score (nSPS) is 23.4. The van der Waals surface area contributed by atoms with Gasteiger partial charge in [-0.05, 0) is 30.5 Å². The molecule has 0 bridgehead atoms. The molecule has 0 aliphatic heterocycles. The van der Waals surface area contributed by atoms with E-state index < -0.39 is 0 Å². The Balaban J connectivity index is 2.33. The number of methoxy groups -OCH3 is 1. The molecule has 2 rings (SSSR count). The molecule has 0 radical (unpaired) electrons. The standard InChI is InChI=1S/C15H18O/c1-3-15(11-5-4-6-12-15)13-7-9-14(16-2)10-8-13/h4-11H,3,12H2,1-2H3. The molecule has 16 heavy (non-hydrogen) atoms. The first-order valence-corrected chi connectivity index (χ1v) is 5.79. The molecule has 1 aliphatic carbocycles. The molecule has 0 amide bonds. The van der Waals surface area contributed by atoms with Crippen LogP contribution in [0.5, 0.6) is 5.75 Å². The highest BCUT2D eigenvalue weighted by molar-refractivity contribution is 5.38. The van der Waals surface area contributed by atoms with Crippen molar-refractivity contribution in [2.24, 2.45) is 0 Å². The second-order valence-electron chi connectivity index (χ2n) is 4.23. The van der Waals surface area contributed by atoms with Crippen LogP contribution >= 0.6 is 0 Å². The van der Waals surface area contributed by atoms with Gasteiger partial charge in [0.05, 0.1) is 7.11 Å². The fourth-order valence-corrected chi connectivity index (χ4v) is 2.27. The van der Waals surface area contributed by atoms with E-state index in [2.05, 4.69) is 43.4 Å². The zero-order valence-corrected chi connectivity index (χ0v) is 9.94. The van der Waals surface area contributed by atoms with Crippen molar-refractivity contribution in [3.8, 4) is 5.75 Å². The van der Waals surface area contributed by atoms with Crippen molar-refractivity contribution in [1.82, 2.24) is 0 Å². The third kappa shape index (κ3) is 1.90. The summed E-state index contributed by atoms with van der Waals surface area (Å²) in [5.74, 6) is 0.922. The second-order valence-corrected chi connectivity index (χ2v) is 4.23. The average Bonchev–Trinajstić information content (AvgIpc) is 2.39. The molecule has 1 aliphatic rings. The quantitative estimate of drug-likeness (QED) is 0.742. The summed E-state index contributed by atoms with van der Waals surface area (Å²) in [6.07, 6.45) is 11.0. The van der Waals surface area contributed by atoms with E-state index in [1.54, 1.807) is 7.11 Å². The van der Waals surface area contributed by atoms with Crippen LogP contribution < -0.4 is 4.74 Å². The van der Waals surface area contributed by atoms with Gasteiger partial charge in [0.15, 0.2) is 0 Å². The summed E-state index contributed by atoms with van der Waals surface area (Å²) in [5, 5.41) is 0. The minimum atomic E-state index is 0.182. The fourth-order valence-electron chi connectivity index (χ4n) is 2.27. The van der Waals surface area contributed by atoms with Gasteiger partial charge in [0, 0.05) is 5.41 Å². The minimum Gasteiger partial charge on any atom is -0.497 e. The van der Waals surface area contributed by atoms with Crippen molar-refractivity contribution in [2.45, 2.75) is 25.2 Å². The van der Waals surface area contributed by atoms with Crippen LogP contribution in [0, 0.1) is 0 Å². The van der Waals surface area contributed by atoms with Crippen LogP contribution in [0.1, 0.15) is 25.3 Å². The molecule has 0 heterocycles. The summed E-state index contributed by atoms with van der Waals surface area (Å²) in [7, 11) is 1.70. The zero-order chi connectivity index (χ0) is 11.4. The molecule has 1 nitrogen and oxygen atoms in total. The van der Waals surface area contributed by atoms with Crippen LogP contribution in [-0.4, -0.2) is 7.11 Å². The van der Waals surface area contributed by atoms with Gasteiger partial charge in [0.1, 0.15) is 5.75 Å². The maximum Gasteiger partial charge on any atom is 0.118 e. The summed E-state index contributed by atoms with van der Waals surface area (Å²) in [5.41, 5.74) is 1.55. The van der Waals surface area contributed by atoms with Gasteiger partial charge in [0.25, 0.3) is 0 Å². The van der Waals surface area contributed by atoms with Gasteiger partial charge >= 0.3 is 0 Å². The van der Waals surface area contributed by atoms with Crippen LogP contribution in [-0.2, 0) is 5.41 Å². The van der Waals surface area contributed by atoms with E-state index in [4.69, 9.17) is 4.74 Å². The first-order chi connectivity index (χ1) is 7.80. The van der Waals surface area contributed by atoms with Gasteiger partial charge in [-0.15, -0.1) is 0 Å². The lowest BCUT2D eigenvalue weighted by Crippen LogP contribution is -2.22. The predicted octanol–water partition coefficient (Wildman–Crippen LogP) is 3.86. The first kappa shape index (κ1) is 11.0. The summed E-state index contributed by atoms with van der Waals surface area (Å²) in [6.45, 7) is 2.24. The van der Waals surface area contributed by atoms with E-state index in [9.17, 15) is 0 Å². The molecule has 1 aromatic carbocycles. The summed E-state index contributed by atoms with van der Waals surface area (Å²) in [6, 6.07) is 8.43. The molecule has 0 spiro atoms. The van der Waals surface area contributed by atoms with Gasteiger partial charge in [-0.3, -0.25) is 0 Å². The Bertz CT molecular complexity index is 400. The van der Waals surface area contributed by atoms with E-state index in [0.717, 1.165) is 18.6 Å². The molecule has 84 valence electrons. The van der Waals surface area contributed by atoms with Gasteiger partial charge in [-0.1, -0.05) is 43.4 Å². The van der Waals surface area contributed by atoms with Crippen molar-refractivity contribution in [3.63, 3.8) is 0 Å². The Hall–Kier alpha value is -1.50. The molecule has 1 atom stereocenters. The Kier molecular flexibility index (Phi) is 3.14. The van der Waals surface area contributed by atoms with Crippen LogP contribution in [0.2, 0.25) is 0 Å². The first-order valence-electron chi connectivity index (χ1n) is 5.79. The van der Waals surface area contributed by atoms with Crippen molar-refractivity contribution in [3.05, 3.63) is 54.1 Å². The topological polar surface area (TPSA) is 9.23 Å². The fraction of sp³-hybridized carbons (Fsp3) is 0.333. The third-order valence-corrected chi connectivity index (χ3v) is 3.44. The molecule has 1 aromatic rings. The van der Waals surface area contributed by atoms with Crippen molar-refractivity contribution < 1.29 is 4.74 Å². The molecule has 1 heteroatoms. The molecule has 0 saturated carbocycles. The maximum absolute atomic E-state index is 5.19. The van der Waals surface area contributed by atoms with Gasteiger partial charge in [0.2, 0.25) is 0 Å². The average molecular weight is 214 g/mol. The van der Waals surface area contributed by atoms with Crippen molar-refractivity contribution in [1.29, 1.82) is 0 Å². The van der Waals surface area contributed by atoms with Crippen LogP contribution in [0.15, 0.2) is 48.6 Å². The van der Waals surface area contributed by atoms with E-state index in [1.165, 1.54) is 5.56 Å². The largest absolute Gasteiger partial charge is 0.497 e. The Labute approximate surface area is 97.4 Å². The number of allylic oxidation sites excluding steroid dienone is 4. The van der Waals surface area contributed by atoms with E-state index >= 15 is 0 Å². The molecule has 0 N–H and O–H groups in total. The smallest absolute Gasteiger partial charge is 0.118 e. The van der Waals surface area contributed by atoms with E-state index in [-0.39, 0.29) is 5.41 Å². The molecule has 0 saturated heterocycles. The molecule has 0 fully saturated rings. The summed E-state index contributed by atoms with van der Waals surface area (Å²) < 4.78 is 5.19. The number of benzene rings is 1. The highest BCUT2D eigenvalue weighted by atomic mass is 16.5. The number of hydrogen-bond acceptors (Lipinski definition) is 1. The van der Waals surface area contributed by atoms with Crippen molar-refractivity contribution in [2.75, 3.05) is 7.11 Å². The Morgan fingerprint density at radius 3 is 2.44 bits per heavy atom. The highest BCUT2D eigenvalue weighted by Crippen LogP contribution is 2.36. The number of rotatable bonds is 3. The molecule has 0 aromatic heterocycles. The van der Waals surface area contributed by atoms with Gasteiger partial charge in [-0.2, -0.15) is 0 Å². The Morgan fingerprint density at radius 2 is 1.94 bits per heavy atom.